The number of ether oxygens (including phenoxy) is 1. The average Bonchev–Trinajstić information content (AvgIpc) is 3.29. The van der Waals surface area contributed by atoms with Gasteiger partial charge in [-0.05, 0) is 19.1 Å². The molecule has 10 heteroatoms. The molecular weight excluding hydrogens is 386 g/mol. The van der Waals surface area contributed by atoms with E-state index in [2.05, 4.69) is 21.3 Å². The van der Waals surface area contributed by atoms with Crippen molar-refractivity contribution in [1.82, 2.24) is 29.1 Å². The SMILES string of the molecule is Cc1nn(-c2ccccc2)c(COC(=O)Cn2cnc3c(cnn3C)c2=O)c1C#N. The second kappa shape index (κ2) is 7.63. The number of aromatic nitrogens is 6. The molecule has 4 aromatic rings. The highest BCUT2D eigenvalue weighted by Gasteiger charge is 2.19. The van der Waals surface area contributed by atoms with Gasteiger partial charge in [-0.15, -0.1) is 0 Å². The van der Waals surface area contributed by atoms with E-state index in [0.717, 1.165) is 10.3 Å². The number of nitriles is 1. The number of hydrogen-bond donors (Lipinski definition) is 0. The molecule has 0 atom stereocenters. The summed E-state index contributed by atoms with van der Waals surface area (Å²) in [4.78, 5) is 29.0. The number of benzene rings is 1. The zero-order valence-electron chi connectivity index (χ0n) is 16.3. The van der Waals surface area contributed by atoms with Crippen molar-refractivity contribution in [2.24, 2.45) is 7.05 Å². The van der Waals surface area contributed by atoms with E-state index in [1.807, 2.05) is 30.3 Å². The Morgan fingerprint density at radius 2 is 2.03 bits per heavy atom. The van der Waals surface area contributed by atoms with Gasteiger partial charge in [0.15, 0.2) is 5.65 Å². The minimum Gasteiger partial charge on any atom is -0.458 e. The van der Waals surface area contributed by atoms with Gasteiger partial charge in [0.25, 0.3) is 5.56 Å². The fourth-order valence-corrected chi connectivity index (χ4v) is 3.15. The molecule has 10 nitrogen and oxygen atoms in total. The van der Waals surface area contributed by atoms with Gasteiger partial charge in [0.2, 0.25) is 0 Å². The Labute approximate surface area is 170 Å². The lowest BCUT2D eigenvalue weighted by molar-refractivity contribution is -0.145. The molecule has 3 heterocycles. The van der Waals surface area contributed by atoms with Crippen LogP contribution in [0.15, 0.2) is 47.7 Å². The molecule has 0 unspecified atom stereocenters. The van der Waals surface area contributed by atoms with Gasteiger partial charge in [0.1, 0.15) is 36.5 Å². The van der Waals surface area contributed by atoms with Gasteiger partial charge in [-0.1, -0.05) is 18.2 Å². The monoisotopic (exact) mass is 403 g/mol. The second-order valence-electron chi connectivity index (χ2n) is 6.61. The third-order valence-corrected chi connectivity index (χ3v) is 4.66. The first-order valence-electron chi connectivity index (χ1n) is 9.06. The minimum atomic E-state index is -0.635. The van der Waals surface area contributed by atoms with E-state index in [4.69, 9.17) is 4.74 Å². The van der Waals surface area contributed by atoms with Crippen molar-refractivity contribution >= 4 is 17.0 Å². The third-order valence-electron chi connectivity index (χ3n) is 4.66. The number of aryl methyl sites for hydroxylation is 2. The van der Waals surface area contributed by atoms with E-state index < -0.39 is 5.97 Å². The van der Waals surface area contributed by atoms with Crippen molar-refractivity contribution in [2.75, 3.05) is 0 Å². The van der Waals surface area contributed by atoms with Crippen LogP contribution in [0.5, 0.6) is 0 Å². The van der Waals surface area contributed by atoms with Crippen LogP contribution < -0.4 is 5.56 Å². The highest BCUT2D eigenvalue weighted by Crippen LogP contribution is 2.19. The molecular formula is C20H17N7O3. The van der Waals surface area contributed by atoms with Gasteiger partial charge in [-0.3, -0.25) is 18.8 Å². The summed E-state index contributed by atoms with van der Waals surface area (Å²) >= 11 is 0. The summed E-state index contributed by atoms with van der Waals surface area (Å²) in [6.07, 6.45) is 2.69. The summed E-state index contributed by atoms with van der Waals surface area (Å²) in [5.74, 6) is -0.635. The van der Waals surface area contributed by atoms with Crippen molar-refractivity contribution in [3.8, 4) is 11.8 Å². The molecule has 150 valence electrons. The maximum Gasteiger partial charge on any atom is 0.326 e. The molecule has 0 aliphatic rings. The first kappa shape index (κ1) is 19.1. The fourth-order valence-electron chi connectivity index (χ4n) is 3.15. The number of rotatable bonds is 5. The molecule has 30 heavy (non-hydrogen) atoms. The van der Waals surface area contributed by atoms with Crippen molar-refractivity contribution < 1.29 is 9.53 Å². The Morgan fingerprint density at radius 3 is 2.77 bits per heavy atom. The van der Waals surface area contributed by atoms with E-state index in [1.165, 1.54) is 17.2 Å². The Bertz CT molecular complexity index is 1340. The van der Waals surface area contributed by atoms with Gasteiger partial charge < -0.3 is 4.74 Å². The molecule has 0 saturated heterocycles. The largest absolute Gasteiger partial charge is 0.458 e. The fraction of sp³-hybridized carbons (Fsp3) is 0.200. The first-order chi connectivity index (χ1) is 14.5. The van der Waals surface area contributed by atoms with Crippen molar-refractivity contribution in [3.63, 3.8) is 0 Å². The molecule has 4 rings (SSSR count). The zero-order chi connectivity index (χ0) is 21.3. The number of carbonyl (C=O) groups is 1. The Morgan fingerprint density at radius 1 is 1.27 bits per heavy atom. The van der Waals surface area contributed by atoms with Crippen LogP contribution in [0.3, 0.4) is 0 Å². The normalized spacial score (nSPS) is 10.8. The summed E-state index contributed by atoms with van der Waals surface area (Å²) in [7, 11) is 1.68. The van der Waals surface area contributed by atoms with Crippen LogP contribution in [0.25, 0.3) is 16.7 Å². The maximum atomic E-state index is 12.5. The first-order valence-corrected chi connectivity index (χ1v) is 9.06. The van der Waals surface area contributed by atoms with Gasteiger partial charge in [-0.25, -0.2) is 9.67 Å². The molecule has 0 aliphatic heterocycles. The van der Waals surface area contributed by atoms with Gasteiger partial charge in [0.05, 0.1) is 23.3 Å². The summed E-state index contributed by atoms with van der Waals surface area (Å²) in [5, 5.41) is 18.2. The number of para-hydroxylation sites is 1. The lowest BCUT2D eigenvalue weighted by Crippen LogP contribution is -2.25. The Balaban J connectivity index is 1.56. The molecule has 0 radical (unpaired) electrons. The molecule has 0 fully saturated rings. The quantitative estimate of drug-likeness (QED) is 0.460. The van der Waals surface area contributed by atoms with E-state index in [1.54, 1.807) is 18.7 Å². The molecule has 1 aromatic carbocycles. The third kappa shape index (κ3) is 3.33. The van der Waals surface area contributed by atoms with Crippen molar-refractivity contribution in [1.29, 1.82) is 5.26 Å². The highest BCUT2D eigenvalue weighted by atomic mass is 16.5. The molecule has 3 aromatic heterocycles. The van der Waals surface area contributed by atoms with Crippen LogP contribution in [-0.4, -0.2) is 35.1 Å². The van der Waals surface area contributed by atoms with E-state index >= 15 is 0 Å². The lowest BCUT2D eigenvalue weighted by atomic mass is 10.2. The molecule has 0 aliphatic carbocycles. The average molecular weight is 403 g/mol. The lowest BCUT2D eigenvalue weighted by Gasteiger charge is -2.10. The molecule has 0 saturated carbocycles. The zero-order valence-corrected chi connectivity index (χ0v) is 16.3. The summed E-state index contributed by atoms with van der Waals surface area (Å²) in [6.45, 7) is 1.25. The summed E-state index contributed by atoms with van der Waals surface area (Å²) < 4.78 is 9.59. The maximum absolute atomic E-state index is 12.5. The number of esters is 1. The molecule has 0 N–H and O–H groups in total. The number of fused-ring (bicyclic) bond motifs is 1. The Hall–Kier alpha value is -4.26. The van der Waals surface area contributed by atoms with Crippen LogP contribution in [-0.2, 0) is 29.7 Å². The minimum absolute atomic E-state index is 0.158. The van der Waals surface area contributed by atoms with Gasteiger partial charge >= 0.3 is 5.97 Å². The number of nitrogens with zero attached hydrogens (tertiary/aromatic N) is 7. The van der Waals surface area contributed by atoms with Crippen LogP contribution >= 0.6 is 0 Å². The van der Waals surface area contributed by atoms with Crippen molar-refractivity contribution in [2.45, 2.75) is 20.1 Å². The van der Waals surface area contributed by atoms with E-state index in [0.29, 0.717) is 28.0 Å². The van der Waals surface area contributed by atoms with Gasteiger partial charge in [-0.2, -0.15) is 15.5 Å². The summed E-state index contributed by atoms with van der Waals surface area (Å²) in [5.41, 5.74) is 2.15. The second-order valence-corrected chi connectivity index (χ2v) is 6.61. The van der Waals surface area contributed by atoms with Crippen LogP contribution in [0.4, 0.5) is 0 Å². The number of hydrogen-bond acceptors (Lipinski definition) is 7. The number of carbonyl (C=O) groups excluding carboxylic acids is 1. The van der Waals surface area contributed by atoms with Crippen LogP contribution in [0.1, 0.15) is 17.0 Å². The van der Waals surface area contributed by atoms with E-state index in [-0.39, 0.29) is 18.7 Å². The smallest absolute Gasteiger partial charge is 0.326 e. The molecule has 0 bridgehead atoms. The van der Waals surface area contributed by atoms with Crippen LogP contribution in [0, 0.1) is 18.3 Å². The van der Waals surface area contributed by atoms with Gasteiger partial charge in [0, 0.05) is 7.05 Å². The van der Waals surface area contributed by atoms with Crippen molar-refractivity contribution in [3.05, 3.63) is 70.2 Å². The molecule has 0 amide bonds. The molecule has 0 spiro atoms. The predicted octanol–water partition coefficient (Wildman–Crippen LogP) is 1.24. The standard InChI is InChI=1S/C20H17N7O3/c1-13-15(8-21)17(27(24-13)14-6-4-3-5-7-14)11-30-18(28)10-26-12-22-19-16(20(26)29)9-23-25(19)2/h3-7,9,12H,10-11H2,1-2H3. The highest BCUT2D eigenvalue weighted by molar-refractivity contribution is 5.74. The predicted molar refractivity (Wildman–Crippen MR) is 106 cm³/mol. The Kier molecular flexibility index (Phi) is 4.85. The van der Waals surface area contributed by atoms with Crippen LogP contribution in [0.2, 0.25) is 0 Å². The van der Waals surface area contributed by atoms with E-state index in [9.17, 15) is 14.9 Å². The summed E-state index contributed by atoms with van der Waals surface area (Å²) in [6, 6.07) is 11.4. The topological polar surface area (TPSA) is 121 Å².